The minimum absolute atomic E-state index is 0.240. The monoisotopic (exact) mass is 374 g/mol. The van der Waals surface area contributed by atoms with E-state index in [1.807, 2.05) is 28.8 Å². The van der Waals surface area contributed by atoms with Crippen LogP contribution in [0.4, 0.5) is 11.6 Å². The second kappa shape index (κ2) is 7.59. The first-order valence-corrected chi connectivity index (χ1v) is 9.21. The van der Waals surface area contributed by atoms with E-state index in [1.165, 1.54) is 0 Å². The largest absolute Gasteiger partial charge is 0.383 e. The highest BCUT2D eigenvalue weighted by molar-refractivity contribution is 5.85. The zero-order valence-electron chi connectivity index (χ0n) is 15.9. The predicted octanol–water partition coefficient (Wildman–Crippen LogP) is 3.10. The van der Waals surface area contributed by atoms with E-state index in [0.29, 0.717) is 24.0 Å². The molecule has 8 nitrogen and oxygen atoms in total. The Kier molecular flexibility index (Phi) is 4.84. The van der Waals surface area contributed by atoms with Gasteiger partial charge in [-0.2, -0.15) is 0 Å². The van der Waals surface area contributed by atoms with Crippen LogP contribution in [0.25, 0.3) is 22.6 Å². The Morgan fingerprint density at radius 1 is 1.11 bits per heavy atom. The highest BCUT2D eigenvalue weighted by Crippen LogP contribution is 2.25. The third-order valence-electron chi connectivity index (χ3n) is 4.51. The van der Waals surface area contributed by atoms with Gasteiger partial charge in [0.05, 0.1) is 6.33 Å². The van der Waals surface area contributed by atoms with Gasteiger partial charge >= 0.3 is 0 Å². The molecule has 28 heavy (non-hydrogen) atoms. The molecule has 0 saturated carbocycles. The summed E-state index contributed by atoms with van der Waals surface area (Å²) < 4.78 is 2.04. The highest BCUT2D eigenvalue weighted by atomic mass is 15.2. The van der Waals surface area contributed by atoms with Crippen molar-refractivity contribution in [2.75, 3.05) is 17.6 Å². The zero-order chi connectivity index (χ0) is 19.5. The number of nitrogen functional groups attached to an aromatic ring is 1. The molecule has 0 amide bonds. The summed E-state index contributed by atoms with van der Waals surface area (Å²) in [5, 5.41) is 3.40. The Morgan fingerprint density at radius 2 is 1.96 bits per heavy atom. The van der Waals surface area contributed by atoms with Gasteiger partial charge in [-0.15, -0.1) is 0 Å². The number of nitrogens with one attached hydrogen (secondary N) is 1. The molecule has 0 saturated heterocycles. The SMILES string of the molecule is CC(C)n1cnc2c(NCCc3cccnc3N)nc(-c3cccnc3)nc21. The van der Waals surface area contributed by atoms with E-state index in [2.05, 4.69) is 34.1 Å². The molecular formula is C20H22N8. The van der Waals surface area contributed by atoms with Crippen molar-refractivity contribution in [3.63, 3.8) is 0 Å². The number of hydrogen-bond acceptors (Lipinski definition) is 7. The summed E-state index contributed by atoms with van der Waals surface area (Å²) in [7, 11) is 0. The van der Waals surface area contributed by atoms with Gasteiger partial charge in [-0.1, -0.05) is 6.07 Å². The molecule has 3 N–H and O–H groups in total. The van der Waals surface area contributed by atoms with E-state index >= 15 is 0 Å². The number of imidazole rings is 1. The van der Waals surface area contributed by atoms with Crippen molar-refractivity contribution in [3.05, 3.63) is 54.7 Å². The highest BCUT2D eigenvalue weighted by Gasteiger charge is 2.15. The second-order valence-electron chi connectivity index (χ2n) is 6.78. The molecule has 0 radical (unpaired) electrons. The lowest BCUT2D eigenvalue weighted by atomic mass is 10.2. The molecule has 0 aliphatic carbocycles. The molecule has 0 fully saturated rings. The lowest BCUT2D eigenvalue weighted by Gasteiger charge is -2.11. The van der Waals surface area contributed by atoms with Crippen LogP contribution in [0.3, 0.4) is 0 Å². The smallest absolute Gasteiger partial charge is 0.166 e. The van der Waals surface area contributed by atoms with Crippen LogP contribution in [0.5, 0.6) is 0 Å². The van der Waals surface area contributed by atoms with Crippen LogP contribution in [-0.2, 0) is 6.42 Å². The quantitative estimate of drug-likeness (QED) is 0.534. The minimum Gasteiger partial charge on any atom is -0.383 e. The van der Waals surface area contributed by atoms with E-state index in [-0.39, 0.29) is 6.04 Å². The average Bonchev–Trinajstić information content (AvgIpc) is 3.14. The normalized spacial score (nSPS) is 11.2. The van der Waals surface area contributed by atoms with Crippen molar-refractivity contribution < 1.29 is 0 Å². The van der Waals surface area contributed by atoms with Crippen molar-refractivity contribution in [3.8, 4) is 11.4 Å². The van der Waals surface area contributed by atoms with Crippen molar-refractivity contribution in [2.45, 2.75) is 26.3 Å². The summed E-state index contributed by atoms with van der Waals surface area (Å²) in [6, 6.07) is 7.93. The van der Waals surface area contributed by atoms with Crippen LogP contribution in [0.15, 0.2) is 49.2 Å². The van der Waals surface area contributed by atoms with Gasteiger partial charge in [0.1, 0.15) is 11.3 Å². The summed E-state index contributed by atoms with van der Waals surface area (Å²) in [4.78, 5) is 22.3. The molecule has 4 aromatic rings. The number of rotatable bonds is 6. The Balaban J connectivity index is 1.69. The van der Waals surface area contributed by atoms with Gasteiger partial charge in [0, 0.05) is 36.7 Å². The lowest BCUT2D eigenvalue weighted by molar-refractivity contribution is 0.613. The van der Waals surface area contributed by atoms with Gasteiger partial charge in [0.25, 0.3) is 0 Å². The van der Waals surface area contributed by atoms with Crippen LogP contribution in [0.1, 0.15) is 25.5 Å². The molecule has 0 unspecified atom stereocenters. The Hall–Kier alpha value is -3.55. The van der Waals surface area contributed by atoms with Crippen LogP contribution in [0, 0.1) is 0 Å². The van der Waals surface area contributed by atoms with E-state index < -0.39 is 0 Å². The van der Waals surface area contributed by atoms with Crippen molar-refractivity contribution in [1.29, 1.82) is 0 Å². The van der Waals surface area contributed by atoms with Gasteiger partial charge in [-0.05, 0) is 44.0 Å². The minimum atomic E-state index is 0.240. The zero-order valence-corrected chi connectivity index (χ0v) is 15.9. The number of aromatic nitrogens is 6. The number of anilines is 2. The molecule has 0 aliphatic rings. The first-order chi connectivity index (χ1) is 13.6. The van der Waals surface area contributed by atoms with Crippen molar-refractivity contribution in [2.24, 2.45) is 0 Å². The maximum absolute atomic E-state index is 5.94. The molecular weight excluding hydrogens is 352 g/mol. The first kappa shape index (κ1) is 17.8. The molecule has 4 aromatic heterocycles. The van der Waals surface area contributed by atoms with Gasteiger partial charge in [0.2, 0.25) is 0 Å². The number of pyridine rings is 2. The standard InChI is InChI=1S/C20H22N8/c1-13(2)28-12-25-16-19(24-10-7-14-5-4-9-23-17(14)21)26-18(27-20(16)28)15-6-3-8-22-11-15/h3-6,8-9,11-13H,7,10H2,1-2H3,(H2,21,23)(H,24,26,27). The van der Waals surface area contributed by atoms with Gasteiger partial charge in [0.15, 0.2) is 17.3 Å². The van der Waals surface area contributed by atoms with Crippen molar-refractivity contribution in [1.82, 2.24) is 29.5 Å². The maximum Gasteiger partial charge on any atom is 0.166 e. The number of hydrogen-bond donors (Lipinski definition) is 2. The summed E-state index contributed by atoms with van der Waals surface area (Å²) in [6.07, 6.45) is 7.73. The fourth-order valence-corrected chi connectivity index (χ4v) is 3.02. The van der Waals surface area contributed by atoms with Crippen LogP contribution >= 0.6 is 0 Å². The van der Waals surface area contributed by atoms with Crippen LogP contribution in [-0.4, -0.2) is 36.0 Å². The van der Waals surface area contributed by atoms with E-state index in [1.54, 1.807) is 24.9 Å². The van der Waals surface area contributed by atoms with E-state index in [4.69, 9.17) is 15.7 Å². The van der Waals surface area contributed by atoms with Crippen LogP contribution in [0.2, 0.25) is 0 Å². The van der Waals surface area contributed by atoms with Gasteiger partial charge < -0.3 is 15.6 Å². The maximum atomic E-state index is 5.94. The Labute approximate surface area is 162 Å². The predicted molar refractivity (Wildman–Crippen MR) is 110 cm³/mol. The molecule has 142 valence electrons. The fraction of sp³-hybridized carbons (Fsp3) is 0.250. The number of fused-ring (bicyclic) bond motifs is 1. The molecule has 8 heteroatoms. The second-order valence-corrected chi connectivity index (χ2v) is 6.78. The molecule has 0 aromatic carbocycles. The average molecular weight is 374 g/mol. The molecule has 0 bridgehead atoms. The Morgan fingerprint density at radius 3 is 2.71 bits per heavy atom. The Bertz CT molecular complexity index is 1090. The number of nitrogens with zero attached hydrogens (tertiary/aromatic N) is 6. The van der Waals surface area contributed by atoms with Crippen molar-refractivity contribution >= 4 is 22.8 Å². The molecule has 0 atom stereocenters. The van der Waals surface area contributed by atoms with E-state index in [9.17, 15) is 0 Å². The van der Waals surface area contributed by atoms with E-state index in [0.717, 1.165) is 28.7 Å². The van der Waals surface area contributed by atoms with Gasteiger partial charge in [-0.25, -0.2) is 19.9 Å². The third kappa shape index (κ3) is 3.48. The fourth-order valence-electron chi connectivity index (χ4n) is 3.02. The summed E-state index contributed by atoms with van der Waals surface area (Å²) in [6.45, 7) is 4.86. The first-order valence-electron chi connectivity index (χ1n) is 9.21. The molecule has 0 aliphatic heterocycles. The number of nitrogens with two attached hydrogens (primary N) is 1. The summed E-state index contributed by atoms with van der Waals surface area (Å²) >= 11 is 0. The molecule has 4 heterocycles. The van der Waals surface area contributed by atoms with Crippen LogP contribution < -0.4 is 11.1 Å². The van der Waals surface area contributed by atoms with Gasteiger partial charge in [-0.3, -0.25) is 4.98 Å². The molecule has 0 spiro atoms. The third-order valence-corrected chi connectivity index (χ3v) is 4.51. The molecule has 4 rings (SSSR count). The summed E-state index contributed by atoms with van der Waals surface area (Å²) in [5.41, 5.74) is 9.35. The lowest BCUT2D eigenvalue weighted by Crippen LogP contribution is -2.10. The summed E-state index contributed by atoms with van der Waals surface area (Å²) in [5.74, 6) is 1.87. The topological polar surface area (TPSA) is 107 Å².